The van der Waals surface area contributed by atoms with Gasteiger partial charge in [-0.1, -0.05) is 42.7 Å². The standard InChI is InChI=1S/C20H20ClN3O3S/c1-13(2)28-17-9-3-14(4-10-17)11-19-23-24-20(27-19)22-18(25)12-26-16-7-5-15(21)6-8-16/h3-10,13H,11-12H2,1-2H3,(H,22,24,25). The van der Waals surface area contributed by atoms with Crippen molar-refractivity contribution in [1.82, 2.24) is 10.2 Å². The van der Waals surface area contributed by atoms with E-state index in [9.17, 15) is 4.79 Å². The first kappa shape index (κ1) is 20.2. The molecular formula is C20H20ClN3O3S. The zero-order valence-corrected chi connectivity index (χ0v) is 17.1. The van der Waals surface area contributed by atoms with Gasteiger partial charge < -0.3 is 9.15 Å². The summed E-state index contributed by atoms with van der Waals surface area (Å²) in [6.45, 7) is 4.15. The molecule has 0 aliphatic carbocycles. The Labute approximate surface area is 172 Å². The predicted molar refractivity (Wildman–Crippen MR) is 110 cm³/mol. The third-order valence-electron chi connectivity index (χ3n) is 3.55. The number of nitrogens with zero attached hydrogens (tertiary/aromatic N) is 2. The van der Waals surface area contributed by atoms with Crippen molar-refractivity contribution in [1.29, 1.82) is 0 Å². The minimum Gasteiger partial charge on any atom is -0.484 e. The third-order valence-corrected chi connectivity index (χ3v) is 4.81. The fourth-order valence-electron chi connectivity index (χ4n) is 2.34. The fraction of sp³-hybridized carbons (Fsp3) is 0.250. The first-order chi connectivity index (χ1) is 13.5. The number of amides is 1. The molecule has 28 heavy (non-hydrogen) atoms. The summed E-state index contributed by atoms with van der Waals surface area (Å²) in [7, 11) is 0. The zero-order valence-electron chi connectivity index (χ0n) is 15.5. The summed E-state index contributed by atoms with van der Waals surface area (Å²) < 4.78 is 10.9. The van der Waals surface area contributed by atoms with Gasteiger partial charge in [-0.05, 0) is 42.0 Å². The Balaban J connectivity index is 1.49. The van der Waals surface area contributed by atoms with E-state index < -0.39 is 0 Å². The number of nitrogens with one attached hydrogen (secondary N) is 1. The second-order valence-electron chi connectivity index (χ2n) is 6.28. The first-order valence-electron chi connectivity index (χ1n) is 8.74. The van der Waals surface area contributed by atoms with Gasteiger partial charge in [0.15, 0.2) is 6.61 Å². The molecule has 0 aliphatic rings. The Bertz CT molecular complexity index is 911. The van der Waals surface area contributed by atoms with Crippen LogP contribution in [-0.2, 0) is 11.2 Å². The van der Waals surface area contributed by atoms with Crippen LogP contribution in [-0.4, -0.2) is 28.0 Å². The number of ether oxygens (including phenoxy) is 1. The van der Waals surface area contributed by atoms with Crippen LogP contribution in [0.5, 0.6) is 5.75 Å². The van der Waals surface area contributed by atoms with Crippen LogP contribution in [0.1, 0.15) is 25.3 Å². The normalized spacial score (nSPS) is 10.9. The second-order valence-corrected chi connectivity index (χ2v) is 8.37. The lowest BCUT2D eigenvalue weighted by Gasteiger charge is -2.05. The second kappa shape index (κ2) is 9.61. The van der Waals surface area contributed by atoms with Crippen molar-refractivity contribution in [3.63, 3.8) is 0 Å². The molecule has 2 aromatic carbocycles. The van der Waals surface area contributed by atoms with Gasteiger partial charge in [0.2, 0.25) is 5.89 Å². The number of thioether (sulfide) groups is 1. The maximum Gasteiger partial charge on any atom is 0.322 e. The van der Waals surface area contributed by atoms with Crippen molar-refractivity contribution in [2.75, 3.05) is 11.9 Å². The van der Waals surface area contributed by atoms with E-state index in [4.69, 9.17) is 20.8 Å². The number of carbonyl (C=O) groups excluding carboxylic acids is 1. The molecule has 0 unspecified atom stereocenters. The van der Waals surface area contributed by atoms with Crippen molar-refractivity contribution in [3.05, 3.63) is 65.0 Å². The minimum absolute atomic E-state index is 0.0479. The van der Waals surface area contributed by atoms with Crippen molar-refractivity contribution in [2.24, 2.45) is 0 Å². The molecule has 0 spiro atoms. The van der Waals surface area contributed by atoms with Gasteiger partial charge in [0.1, 0.15) is 5.75 Å². The van der Waals surface area contributed by atoms with Gasteiger partial charge in [-0.15, -0.1) is 16.9 Å². The van der Waals surface area contributed by atoms with Crippen molar-refractivity contribution >= 4 is 35.3 Å². The van der Waals surface area contributed by atoms with Gasteiger partial charge in [0, 0.05) is 15.2 Å². The molecule has 0 radical (unpaired) electrons. The SMILES string of the molecule is CC(C)Sc1ccc(Cc2nnc(NC(=O)COc3ccc(Cl)cc3)o2)cc1. The summed E-state index contributed by atoms with van der Waals surface area (Å²) in [5.41, 5.74) is 1.06. The van der Waals surface area contributed by atoms with Crippen molar-refractivity contribution < 1.29 is 13.9 Å². The Morgan fingerprint density at radius 3 is 2.54 bits per heavy atom. The van der Waals surface area contributed by atoms with Gasteiger partial charge in [-0.2, -0.15) is 0 Å². The Morgan fingerprint density at radius 2 is 1.86 bits per heavy atom. The third kappa shape index (κ3) is 6.28. The molecule has 0 saturated carbocycles. The average Bonchev–Trinajstić information content (AvgIpc) is 3.09. The molecule has 0 aliphatic heterocycles. The van der Waals surface area contributed by atoms with Gasteiger partial charge in [-0.3, -0.25) is 10.1 Å². The minimum atomic E-state index is -0.389. The summed E-state index contributed by atoms with van der Waals surface area (Å²) in [4.78, 5) is 13.2. The molecule has 1 aromatic heterocycles. The molecule has 0 saturated heterocycles. The first-order valence-corrected chi connectivity index (χ1v) is 10.00. The molecule has 0 bridgehead atoms. The topological polar surface area (TPSA) is 77.2 Å². The van der Waals surface area contributed by atoms with Crippen molar-refractivity contribution in [3.8, 4) is 5.75 Å². The smallest absolute Gasteiger partial charge is 0.322 e. The number of benzene rings is 2. The summed E-state index contributed by atoms with van der Waals surface area (Å²) in [6, 6.07) is 15.0. The van der Waals surface area contributed by atoms with E-state index in [-0.39, 0.29) is 18.5 Å². The van der Waals surface area contributed by atoms with Crippen LogP contribution in [0.4, 0.5) is 6.01 Å². The molecule has 1 N–H and O–H groups in total. The van der Waals surface area contributed by atoms with E-state index in [2.05, 4.69) is 41.5 Å². The zero-order chi connectivity index (χ0) is 19.9. The van der Waals surface area contributed by atoms with Crippen LogP contribution in [0.15, 0.2) is 57.8 Å². The maximum atomic E-state index is 12.0. The molecule has 3 rings (SSSR count). The van der Waals surface area contributed by atoms with Crippen molar-refractivity contribution in [2.45, 2.75) is 30.4 Å². The van der Waals surface area contributed by atoms with Gasteiger partial charge in [0.25, 0.3) is 5.91 Å². The highest BCUT2D eigenvalue weighted by molar-refractivity contribution is 7.99. The summed E-state index contributed by atoms with van der Waals surface area (Å²) in [5.74, 6) is 0.586. The van der Waals surface area contributed by atoms with Crippen LogP contribution in [0.25, 0.3) is 0 Å². The fourth-order valence-corrected chi connectivity index (χ4v) is 3.31. The summed E-state index contributed by atoms with van der Waals surface area (Å²) in [5, 5.41) is 11.5. The highest BCUT2D eigenvalue weighted by Gasteiger charge is 2.11. The van der Waals surface area contributed by atoms with Crippen LogP contribution in [0, 0.1) is 0 Å². The Kier molecular flexibility index (Phi) is 6.95. The van der Waals surface area contributed by atoms with Crippen LogP contribution in [0.2, 0.25) is 5.02 Å². The van der Waals surface area contributed by atoms with Crippen LogP contribution in [0.3, 0.4) is 0 Å². The quantitative estimate of drug-likeness (QED) is 0.529. The highest BCUT2D eigenvalue weighted by atomic mass is 35.5. The lowest BCUT2D eigenvalue weighted by molar-refractivity contribution is -0.118. The molecule has 6 nitrogen and oxygen atoms in total. The van der Waals surface area contributed by atoms with E-state index in [1.165, 1.54) is 4.90 Å². The van der Waals surface area contributed by atoms with E-state index >= 15 is 0 Å². The maximum absolute atomic E-state index is 12.0. The lowest BCUT2D eigenvalue weighted by Crippen LogP contribution is -2.20. The molecule has 8 heteroatoms. The number of anilines is 1. The molecule has 0 fully saturated rings. The molecule has 1 amide bonds. The van der Waals surface area contributed by atoms with Crippen LogP contribution >= 0.6 is 23.4 Å². The molecular weight excluding hydrogens is 398 g/mol. The number of rotatable bonds is 8. The monoisotopic (exact) mass is 417 g/mol. The van der Waals surface area contributed by atoms with Gasteiger partial charge >= 0.3 is 6.01 Å². The average molecular weight is 418 g/mol. The van der Waals surface area contributed by atoms with Crippen LogP contribution < -0.4 is 10.1 Å². The van der Waals surface area contributed by atoms with E-state index in [0.29, 0.717) is 28.3 Å². The number of carbonyl (C=O) groups is 1. The number of halogens is 1. The van der Waals surface area contributed by atoms with E-state index in [1.54, 1.807) is 24.3 Å². The molecule has 0 atom stereocenters. The van der Waals surface area contributed by atoms with E-state index in [1.807, 2.05) is 23.9 Å². The number of hydrogen-bond acceptors (Lipinski definition) is 6. The lowest BCUT2D eigenvalue weighted by atomic mass is 10.1. The Morgan fingerprint density at radius 1 is 1.14 bits per heavy atom. The highest BCUT2D eigenvalue weighted by Crippen LogP contribution is 2.23. The summed E-state index contributed by atoms with van der Waals surface area (Å²) in [6.07, 6.45) is 0.497. The predicted octanol–water partition coefficient (Wildman–Crippen LogP) is 4.83. The number of hydrogen-bond donors (Lipinski definition) is 1. The number of aromatic nitrogens is 2. The largest absolute Gasteiger partial charge is 0.484 e. The Hall–Kier alpha value is -2.51. The summed E-state index contributed by atoms with van der Waals surface area (Å²) >= 11 is 7.62. The van der Waals surface area contributed by atoms with E-state index in [0.717, 1.165) is 5.56 Å². The van der Waals surface area contributed by atoms with Gasteiger partial charge in [0.05, 0.1) is 6.42 Å². The molecule has 146 valence electrons. The van der Waals surface area contributed by atoms with Gasteiger partial charge in [-0.25, -0.2) is 0 Å². The molecule has 3 aromatic rings. The molecule has 1 heterocycles.